The molecular weight excluding hydrogens is 290 g/mol. The van der Waals surface area contributed by atoms with E-state index in [1.807, 2.05) is 47.1 Å². The number of thioether (sulfide) groups is 1. The molecule has 102 valence electrons. The summed E-state index contributed by atoms with van der Waals surface area (Å²) in [6.07, 6.45) is 5.67. The highest BCUT2D eigenvalue weighted by atomic mass is 32.2. The molecular formula is C14H13N3OS2. The Hall–Kier alpha value is -1.79. The number of pyridine rings is 1. The van der Waals surface area contributed by atoms with Crippen LogP contribution in [-0.4, -0.2) is 13.7 Å². The van der Waals surface area contributed by atoms with E-state index in [4.69, 9.17) is 16.6 Å². The molecule has 1 N–H and O–H groups in total. The average Bonchev–Trinajstić information content (AvgIpc) is 3.11. The van der Waals surface area contributed by atoms with Crippen molar-refractivity contribution in [1.29, 1.82) is 0 Å². The number of imidazole rings is 1. The number of fused-ring (bicyclic) bond motifs is 1. The fraction of sp³-hybridized carbons (Fsp3) is 0.143. The maximum atomic E-state index is 5.28. The van der Waals surface area contributed by atoms with E-state index in [9.17, 15) is 0 Å². The molecule has 3 heterocycles. The number of nitrogens with zero attached hydrogens (tertiary/aromatic N) is 2. The molecule has 0 aromatic carbocycles. The zero-order valence-electron chi connectivity index (χ0n) is 10.7. The molecule has 0 saturated carbocycles. The molecule has 6 heteroatoms. The monoisotopic (exact) mass is 303 g/mol. The summed E-state index contributed by atoms with van der Waals surface area (Å²) in [5.74, 6) is 1.63. The molecule has 0 bridgehead atoms. The van der Waals surface area contributed by atoms with Gasteiger partial charge in [0.15, 0.2) is 0 Å². The van der Waals surface area contributed by atoms with Crippen molar-refractivity contribution in [2.24, 2.45) is 0 Å². The van der Waals surface area contributed by atoms with Gasteiger partial charge < -0.3 is 14.1 Å². The molecule has 3 aromatic rings. The summed E-state index contributed by atoms with van der Waals surface area (Å²) in [7, 11) is 0. The third-order valence-corrected chi connectivity index (χ3v) is 4.10. The number of thiocarbonyl (C=S) groups is 1. The molecule has 3 rings (SSSR count). The summed E-state index contributed by atoms with van der Waals surface area (Å²) in [4.78, 5) is 4.53. The van der Waals surface area contributed by atoms with Gasteiger partial charge >= 0.3 is 0 Å². The topological polar surface area (TPSA) is 42.5 Å². The van der Waals surface area contributed by atoms with Gasteiger partial charge in [0, 0.05) is 18.1 Å². The highest BCUT2D eigenvalue weighted by Gasteiger charge is 2.04. The first-order valence-electron chi connectivity index (χ1n) is 6.17. The fourth-order valence-electron chi connectivity index (χ4n) is 1.82. The van der Waals surface area contributed by atoms with Crippen molar-refractivity contribution in [1.82, 2.24) is 14.7 Å². The van der Waals surface area contributed by atoms with E-state index in [0.717, 1.165) is 27.2 Å². The predicted molar refractivity (Wildman–Crippen MR) is 84.6 cm³/mol. The molecule has 0 unspecified atom stereocenters. The maximum absolute atomic E-state index is 5.28. The van der Waals surface area contributed by atoms with Crippen molar-refractivity contribution in [3.8, 4) is 0 Å². The molecule has 0 aliphatic rings. The summed E-state index contributed by atoms with van der Waals surface area (Å²) in [6, 6.07) is 9.74. The maximum Gasteiger partial charge on any atom is 0.137 e. The summed E-state index contributed by atoms with van der Waals surface area (Å²) < 4.78 is 8.00. The minimum atomic E-state index is 0.615. The van der Waals surface area contributed by atoms with E-state index in [2.05, 4.69) is 10.3 Å². The summed E-state index contributed by atoms with van der Waals surface area (Å²) in [5, 5.41) is 3.16. The zero-order chi connectivity index (χ0) is 13.8. The van der Waals surface area contributed by atoms with Crippen LogP contribution in [0.4, 0.5) is 0 Å². The van der Waals surface area contributed by atoms with Crippen LogP contribution in [-0.2, 0) is 12.3 Å². The van der Waals surface area contributed by atoms with Crippen LogP contribution >= 0.6 is 24.0 Å². The molecule has 0 spiro atoms. The minimum Gasteiger partial charge on any atom is -0.467 e. The molecule has 0 atom stereocenters. The second-order valence-electron chi connectivity index (χ2n) is 4.21. The van der Waals surface area contributed by atoms with E-state index in [0.29, 0.717) is 6.54 Å². The molecule has 0 aliphatic carbocycles. The number of hydrogen-bond acceptors (Lipinski definition) is 4. The lowest BCUT2D eigenvalue weighted by molar-refractivity contribution is 0.504. The molecule has 0 radical (unpaired) electrons. The van der Waals surface area contributed by atoms with Gasteiger partial charge in [-0.25, -0.2) is 4.98 Å². The van der Waals surface area contributed by atoms with Gasteiger partial charge in [0.1, 0.15) is 15.7 Å². The van der Waals surface area contributed by atoms with Crippen LogP contribution in [0.15, 0.2) is 53.4 Å². The van der Waals surface area contributed by atoms with Crippen molar-refractivity contribution in [3.63, 3.8) is 0 Å². The molecule has 0 fully saturated rings. The Balaban J connectivity index is 1.52. The molecule has 4 nitrogen and oxygen atoms in total. The lowest BCUT2D eigenvalue weighted by atomic mass is 10.4. The van der Waals surface area contributed by atoms with Gasteiger partial charge in [-0.15, -0.1) is 0 Å². The normalized spacial score (nSPS) is 10.8. The lowest BCUT2D eigenvalue weighted by Crippen LogP contribution is -2.17. The Labute approximate surface area is 126 Å². The van der Waals surface area contributed by atoms with Crippen LogP contribution in [0.2, 0.25) is 0 Å². The molecule has 0 amide bonds. The van der Waals surface area contributed by atoms with Gasteiger partial charge in [-0.2, -0.15) is 0 Å². The van der Waals surface area contributed by atoms with Crippen molar-refractivity contribution >= 4 is 33.9 Å². The summed E-state index contributed by atoms with van der Waals surface area (Å²) in [5.41, 5.74) is 1.97. The molecule has 20 heavy (non-hydrogen) atoms. The van der Waals surface area contributed by atoms with Gasteiger partial charge in [-0.1, -0.05) is 30.0 Å². The largest absolute Gasteiger partial charge is 0.467 e. The van der Waals surface area contributed by atoms with E-state index in [1.165, 1.54) is 0 Å². The number of hydrogen-bond donors (Lipinski definition) is 1. The van der Waals surface area contributed by atoms with Crippen LogP contribution in [0.5, 0.6) is 0 Å². The van der Waals surface area contributed by atoms with E-state index in [-0.39, 0.29) is 0 Å². The third-order valence-electron chi connectivity index (χ3n) is 2.75. The Morgan fingerprint density at radius 1 is 1.35 bits per heavy atom. The van der Waals surface area contributed by atoms with Crippen molar-refractivity contribution in [3.05, 3.63) is 60.4 Å². The van der Waals surface area contributed by atoms with Gasteiger partial charge in [-0.05, 0) is 24.3 Å². The number of nitrogens with one attached hydrogen (secondary N) is 1. The second-order valence-corrected chi connectivity index (χ2v) is 5.86. The van der Waals surface area contributed by atoms with Gasteiger partial charge in [-0.3, -0.25) is 0 Å². The van der Waals surface area contributed by atoms with Crippen molar-refractivity contribution < 1.29 is 4.42 Å². The number of aromatic nitrogens is 2. The van der Waals surface area contributed by atoms with Gasteiger partial charge in [0.05, 0.1) is 18.5 Å². The van der Waals surface area contributed by atoms with Crippen LogP contribution in [0.3, 0.4) is 0 Å². The van der Waals surface area contributed by atoms with Crippen LogP contribution in [0.1, 0.15) is 11.5 Å². The Morgan fingerprint density at radius 2 is 2.30 bits per heavy atom. The Bertz CT molecular complexity index is 673. The first-order chi connectivity index (χ1) is 9.81. The average molecular weight is 303 g/mol. The molecule has 0 saturated heterocycles. The predicted octanol–water partition coefficient (Wildman–Crippen LogP) is 3.24. The van der Waals surface area contributed by atoms with E-state index in [1.54, 1.807) is 18.0 Å². The number of rotatable bonds is 4. The third kappa shape index (κ3) is 3.20. The van der Waals surface area contributed by atoms with Crippen molar-refractivity contribution in [2.45, 2.75) is 12.3 Å². The highest BCUT2D eigenvalue weighted by Crippen LogP contribution is 2.14. The Kier molecular flexibility index (Phi) is 4.03. The van der Waals surface area contributed by atoms with Gasteiger partial charge in [0.2, 0.25) is 0 Å². The van der Waals surface area contributed by atoms with Crippen LogP contribution in [0, 0.1) is 0 Å². The van der Waals surface area contributed by atoms with Gasteiger partial charge in [0.25, 0.3) is 0 Å². The van der Waals surface area contributed by atoms with Crippen LogP contribution < -0.4 is 5.32 Å². The fourth-order valence-corrected chi connectivity index (χ4v) is 2.66. The van der Waals surface area contributed by atoms with E-state index >= 15 is 0 Å². The minimum absolute atomic E-state index is 0.615. The summed E-state index contributed by atoms with van der Waals surface area (Å²) in [6.45, 7) is 0.615. The number of furan rings is 1. The zero-order valence-corrected chi connectivity index (χ0v) is 12.3. The molecule has 3 aromatic heterocycles. The summed E-state index contributed by atoms with van der Waals surface area (Å²) >= 11 is 6.85. The molecule has 0 aliphatic heterocycles. The Morgan fingerprint density at radius 3 is 3.10 bits per heavy atom. The van der Waals surface area contributed by atoms with Crippen molar-refractivity contribution in [2.75, 3.05) is 0 Å². The SMILES string of the molecule is S=C(NCc1ccco1)SCc1cn2ccccc2n1. The first-order valence-corrected chi connectivity index (χ1v) is 7.56. The lowest BCUT2D eigenvalue weighted by Gasteiger charge is -2.04. The van der Waals surface area contributed by atoms with E-state index < -0.39 is 0 Å². The standard InChI is InChI=1S/C14H13N3OS2/c19-14(15-8-12-4-3-7-18-12)20-10-11-9-17-6-2-1-5-13(17)16-11/h1-7,9H,8,10H2,(H,15,19). The first kappa shape index (κ1) is 13.2. The second kappa shape index (κ2) is 6.11. The quantitative estimate of drug-likeness (QED) is 0.750. The van der Waals surface area contributed by atoms with Crippen LogP contribution in [0.25, 0.3) is 5.65 Å². The smallest absolute Gasteiger partial charge is 0.137 e. The highest BCUT2D eigenvalue weighted by molar-refractivity contribution is 8.22.